The van der Waals surface area contributed by atoms with Crippen LogP contribution >= 0.6 is 15.9 Å². The van der Waals surface area contributed by atoms with E-state index >= 15 is 0 Å². The molecule has 5 heterocycles. The monoisotopic (exact) mass is 572 g/mol. The van der Waals surface area contributed by atoms with Crippen molar-refractivity contribution in [1.29, 1.82) is 0 Å². The third-order valence-corrected chi connectivity index (χ3v) is 8.19. The van der Waals surface area contributed by atoms with E-state index in [0.717, 1.165) is 72.5 Å². The number of hydrogen-bond acceptors (Lipinski definition) is 6. The number of piperidine rings is 1. The van der Waals surface area contributed by atoms with Crippen LogP contribution in [0.15, 0.2) is 64.4 Å². The smallest absolute Gasteiger partial charge is 0.195 e. The molecule has 7 nitrogen and oxygen atoms in total. The molecule has 4 aromatic heterocycles. The Balaban J connectivity index is 1.35. The molecule has 0 unspecified atom stereocenters. The van der Waals surface area contributed by atoms with Gasteiger partial charge < -0.3 is 9.47 Å². The van der Waals surface area contributed by atoms with Crippen LogP contribution in [0.3, 0.4) is 0 Å². The molecule has 4 aromatic rings. The van der Waals surface area contributed by atoms with Crippen molar-refractivity contribution in [2.24, 2.45) is 0 Å². The van der Waals surface area contributed by atoms with Gasteiger partial charge in [0.25, 0.3) is 0 Å². The van der Waals surface area contributed by atoms with Gasteiger partial charge in [0.2, 0.25) is 0 Å². The van der Waals surface area contributed by atoms with Gasteiger partial charge in [-0.15, -0.1) is 0 Å². The van der Waals surface area contributed by atoms with E-state index in [2.05, 4.69) is 75.7 Å². The van der Waals surface area contributed by atoms with Crippen molar-refractivity contribution in [3.05, 3.63) is 92.3 Å². The zero-order valence-corrected chi connectivity index (χ0v) is 23.6. The highest BCUT2D eigenvalue weighted by atomic mass is 79.9. The number of pyridine rings is 4. The summed E-state index contributed by atoms with van der Waals surface area (Å²) >= 11 is 3.49. The maximum atomic E-state index is 13.8. The van der Waals surface area contributed by atoms with Crippen LogP contribution in [-0.2, 0) is 13.1 Å². The summed E-state index contributed by atoms with van der Waals surface area (Å²) in [7, 11) is 0. The fourth-order valence-corrected chi connectivity index (χ4v) is 5.91. The normalized spacial score (nSPS) is 17.9. The number of anilines is 1. The summed E-state index contributed by atoms with van der Waals surface area (Å²) in [6, 6.07) is 13.0. The number of aryl methyl sites for hydroxylation is 2. The Labute approximate surface area is 231 Å². The first kappa shape index (κ1) is 25.2. The van der Waals surface area contributed by atoms with Gasteiger partial charge in [-0.05, 0) is 97.4 Å². The standard InChI is InChI=1S/C30H33BrN6O/c1-20-5-6-25(15-33-20)35-13-3-4-26(19-35)36(16-22-11-12-32-21(2)14-22)17-23-18-37(24-7-8-24)30-27(29(23)38)9-10-28(31)34-30/h5-6,9-12,14-15,18,24,26H,3-4,7-8,13,16-17,19H2,1-2H3/t26-/m0/s1. The Morgan fingerprint density at radius 2 is 1.89 bits per heavy atom. The topological polar surface area (TPSA) is 67.2 Å². The lowest BCUT2D eigenvalue weighted by Gasteiger charge is -2.40. The number of rotatable bonds is 7. The van der Waals surface area contributed by atoms with E-state index in [1.807, 2.05) is 38.4 Å². The van der Waals surface area contributed by atoms with Gasteiger partial charge in [0.15, 0.2) is 5.43 Å². The van der Waals surface area contributed by atoms with E-state index in [9.17, 15) is 4.79 Å². The third-order valence-electron chi connectivity index (χ3n) is 7.75. The maximum Gasteiger partial charge on any atom is 0.195 e. The SMILES string of the molecule is Cc1ccc(N2CCC[C@H](N(Cc3ccnc(C)c3)Cc3cn(C4CC4)c4nc(Br)ccc4c3=O)C2)cn1. The largest absolute Gasteiger partial charge is 0.369 e. The van der Waals surface area contributed by atoms with E-state index in [1.165, 1.54) is 11.3 Å². The van der Waals surface area contributed by atoms with Gasteiger partial charge in [0.1, 0.15) is 10.3 Å². The van der Waals surface area contributed by atoms with Gasteiger partial charge in [-0.1, -0.05) is 0 Å². The molecule has 1 aliphatic carbocycles. The lowest BCUT2D eigenvalue weighted by Crippen LogP contribution is -2.48. The Bertz CT molecular complexity index is 1510. The molecule has 1 saturated heterocycles. The van der Waals surface area contributed by atoms with Crippen LogP contribution in [0.5, 0.6) is 0 Å². The fraction of sp³-hybridized carbons (Fsp3) is 0.400. The summed E-state index contributed by atoms with van der Waals surface area (Å²) in [6.07, 6.45) is 10.4. The Hall–Kier alpha value is -3.10. The first-order chi connectivity index (χ1) is 18.4. The molecular weight excluding hydrogens is 540 g/mol. The van der Waals surface area contributed by atoms with Crippen molar-refractivity contribution in [2.45, 2.75) is 64.7 Å². The number of halogens is 1. The van der Waals surface area contributed by atoms with Crippen LogP contribution < -0.4 is 10.3 Å². The minimum Gasteiger partial charge on any atom is -0.369 e. The lowest BCUT2D eigenvalue weighted by atomic mass is 10.0. The molecular formula is C30H33BrN6O. The van der Waals surface area contributed by atoms with Gasteiger partial charge in [-0.25, -0.2) is 4.98 Å². The first-order valence-electron chi connectivity index (χ1n) is 13.5. The molecule has 196 valence electrons. The highest BCUT2D eigenvalue weighted by Crippen LogP contribution is 2.37. The molecule has 0 amide bonds. The number of aromatic nitrogens is 4. The Morgan fingerprint density at radius 1 is 1.03 bits per heavy atom. The van der Waals surface area contributed by atoms with E-state index < -0.39 is 0 Å². The van der Waals surface area contributed by atoms with Gasteiger partial charge >= 0.3 is 0 Å². The zero-order valence-electron chi connectivity index (χ0n) is 22.0. The van der Waals surface area contributed by atoms with E-state index in [0.29, 0.717) is 24.0 Å². The molecule has 2 fully saturated rings. The summed E-state index contributed by atoms with van der Waals surface area (Å²) in [5.41, 5.74) is 6.14. The highest BCUT2D eigenvalue weighted by molar-refractivity contribution is 9.10. The predicted molar refractivity (Wildman–Crippen MR) is 154 cm³/mol. The van der Waals surface area contributed by atoms with E-state index in [-0.39, 0.29) is 5.43 Å². The molecule has 1 aliphatic heterocycles. The molecule has 0 bridgehead atoms. The Kier molecular flexibility index (Phi) is 7.01. The lowest BCUT2D eigenvalue weighted by molar-refractivity contribution is 0.158. The number of nitrogens with zero attached hydrogens (tertiary/aromatic N) is 6. The molecule has 2 aliphatic rings. The second kappa shape index (κ2) is 10.6. The van der Waals surface area contributed by atoms with Crippen molar-refractivity contribution in [3.8, 4) is 0 Å². The molecule has 1 saturated carbocycles. The van der Waals surface area contributed by atoms with Crippen LogP contribution in [0.1, 0.15) is 54.2 Å². The average molecular weight is 574 g/mol. The van der Waals surface area contributed by atoms with Crippen molar-refractivity contribution in [1.82, 2.24) is 24.4 Å². The van der Waals surface area contributed by atoms with Crippen LogP contribution in [0, 0.1) is 13.8 Å². The zero-order chi connectivity index (χ0) is 26.2. The van der Waals surface area contributed by atoms with Crippen LogP contribution in [0.4, 0.5) is 5.69 Å². The molecule has 0 aromatic carbocycles. The Morgan fingerprint density at radius 3 is 2.66 bits per heavy atom. The van der Waals surface area contributed by atoms with Gasteiger partial charge in [0, 0.05) is 67.6 Å². The highest BCUT2D eigenvalue weighted by Gasteiger charge is 2.29. The number of fused-ring (bicyclic) bond motifs is 1. The quantitative estimate of drug-likeness (QED) is 0.270. The van der Waals surface area contributed by atoms with E-state index in [1.54, 1.807) is 0 Å². The molecule has 0 spiro atoms. The van der Waals surface area contributed by atoms with Gasteiger partial charge in [-0.3, -0.25) is 19.7 Å². The second-order valence-electron chi connectivity index (χ2n) is 10.7. The molecule has 8 heteroatoms. The van der Waals surface area contributed by atoms with Crippen molar-refractivity contribution >= 4 is 32.7 Å². The molecule has 0 N–H and O–H groups in total. The second-order valence-corrected chi connectivity index (χ2v) is 11.5. The first-order valence-corrected chi connectivity index (χ1v) is 14.3. The van der Waals surface area contributed by atoms with Crippen LogP contribution in [0.2, 0.25) is 0 Å². The molecule has 38 heavy (non-hydrogen) atoms. The van der Waals surface area contributed by atoms with Gasteiger partial charge in [0.05, 0.1) is 17.3 Å². The average Bonchev–Trinajstić information content (AvgIpc) is 3.76. The van der Waals surface area contributed by atoms with Crippen molar-refractivity contribution in [2.75, 3.05) is 18.0 Å². The minimum atomic E-state index is 0.0863. The van der Waals surface area contributed by atoms with Crippen molar-refractivity contribution < 1.29 is 0 Å². The predicted octanol–water partition coefficient (Wildman–Crippen LogP) is 5.57. The minimum absolute atomic E-state index is 0.0863. The summed E-state index contributed by atoms with van der Waals surface area (Å²) in [4.78, 5) is 32.3. The van der Waals surface area contributed by atoms with Gasteiger partial charge in [-0.2, -0.15) is 0 Å². The number of hydrogen-bond donors (Lipinski definition) is 0. The van der Waals surface area contributed by atoms with Crippen molar-refractivity contribution in [3.63, 3.8) is 0 Å². The summed E-state index contributed by atoms with van der Waals surface area (Å²) < 4.78 is 2.99. The summed E-state index contributed by atoms with van der Waals surface area (Å²) in [6.45, 7) is 7.36. The maximum absolute atomic E-state index is 13.8. The summed E-state index contributed by atoms with van der Waals surface area (Å²) in [5.74, 6) is 0. The molecule has 1 atom stereocenters. The molecule has 0 radical (unpaired) electrons. The van der Waals surface area contributed by atoms with Crippen LogP contribution in [-0.4, -0.2) is 43.6 Å². The van der Waals surface area contributed by atoms with Crippen LogP contribution in [0.25, 0.3) is 11.0 Å². The fourth-order valence-electron chi connectivity index (χ4n) is 5.61. The third kappa shape index (κ3) is 5.38. The molecule has 6 rings (SSSR count). The van der Waals surface area contributed by atoms with E-state index in [4.69, 9.17) is 0 Å². The summed E-state index contributed by atoms with van der Waals surface area (Å²) in [5, 5.41) is 0.702.